The van der Waals surface area contributed by atoms with Gasteiger partial charge >= 0.3 is 5.69 Å². The molecule has 0 saturated heterocycles. The molecule has 7 heteroatoms. The van der Waals surface area contributed by atoms with Crippen LogP contribution in [0.5, 0.6) is 0 Å². The highest BCUT2D eigenvalue weighted by Crippen LogP contribution is 2.24. The van der Waals surface area contributed by atoms with Crippen molar-refractivity contribution >= 4 is 22.7 Å². The fraction of sp³-hybridized carbons (Fsp3) is 0.526. The topological polar surface area (TPSA) is 73.3 Å². The second-order valence-electron chi connectivity index (χ2n) is 7.24. The average Bonchev–Trinajstić information content (AvgIpc) is 3.13. The van der Waals surface area contributed by atoms with Crippen molar-refractivity contribution in [3.8, 4) is 0 Å². The van der Waals surface area contributed by atoms with Crippen LogP contribution in [0, 0.1) is 5.92 Å². The number of hydrogen-bond donors (Lipinski definition) is 1. The van der Waals surface area contributed by atoms with Gasteiger partial charge in [-0.05, 0) is 37.8 Å². The molecular weight excluding hydrogens is 330 g/mol. The van der Waals surface area contributed by atoms with Crippen molar-refractivity contribution in [3.63, 3.8) is 0 Å². The predicted octanol–water partition coefficient (Wildman–Crippen LogP) is 2.17. The maximum atomic E-state index is 12.7. The van der Waals surface area contributed by atoms with Crippen LogP contribution in [0.15, 0.2) is 29.1 Å². The molecule has 0 aliphatic heterocycles. The van der Waals surface area contributed by atoms with Crippen LogP contribution in [0.3, 0.4) is 0 Å². The van der Waals surface area contributed by atoms with Gasteiger partial charge in [-0.2, -0.15) is 0 Å². The van der Waals surface area contributed by atoms with Gasteiger partial charge in [-0.15, -0.1) is 5.10 Å². The number of aromatic nitrogens is 4. The molecule has 2 heterocycles. The highest BCUT2D eigenvalue weighted by molar-refractivity contribution is 5.84. The first-order valence-corrected chi connectivity index (χ1v) is 9.46. The molecule has 2 aromatic heterocycles. The Hall–Kier alpha value is -2.57. The minimum Gasteiger partial charge on any atom is -0.352 e. The summed E-state index contributed by atoms with van der Waals surface area (Å²) in [6.45, 7) is 4.76. The molecule has 3 aromatic rings. The number of amides is 1. The van der Waals surface area contributed by atoms with Crippen LogP contribution in [-0.2, 0) is 17.9 Å². The fourth-order valence-corrected chi connectivity index (χ4v) is 4.06. The SMILES string of the molecule is CCn1nc2n(CC(=O)NC3CCCCC3C)c3ccccc3n2c1=O. The molecule has 0 spiro atoms. The summed E-state index contributed by atoms with van der Waals surface area (Å²) in [6.07, 6.45) is 4.62. The van der Waals surface area contributed by atoms with E-state index in [1.165, 1.54) is 17.5 Å². The van der Waals surface area contributed by atoms with Crippen LogP contribution in [0.4, 0.5) is 0 Å². The molecule has 26 heavy (non-hydrogen) atoms. The van der Waals surface area contributed by atoms with E-state index >= 15 is 0 Å². The molecule has 7 nitrogen and oxygen atoms in total. The standard InChI is InChI=1S/C19H25N5O2/c1-3-23-19(26)24-16-11-7-6-10-15(16)22(18(24)21-23)12-17(25)20-14-9-5-4-8-13(14)2/h6-7,10-11,13-14H,3-5,8-9,12H2,1-2H3,(H,20,25). The van der Waals surface area contributed by atoms with Crippen molar-refractivity contribution in [3.05, 3.63) is 34.7 Å². The summed E-state index contributed by atoms with van der Waals surface area (Å²) in [6, 6.07) is 7.87. The molecule has 1 aromatic carbocycles. The summed E-state index contributed by atoms with van der Waals surface area (Å²) in [5.74, 6) is 1.01. The molecule has 1 saturated carbocycles. The van der Waals surface area contributed by atoms with Crippen LogP contribution >= 0.6 is 0 Å². The highest BCUT2D eigenvalue weighted by atomic mass is 16.2. The number of aryl methyl sites for hydroxylation is 1. The average molecular weight is 355 g/mol. The van der Waals surface area contributed by atoms with E-state index < -0.39 is 0 Å². The van der Waals surface area contributed by atoms with Crippen molar-refractivity contribution < 1.29 is 4.79 Å². The number of para-hydroxylation sites is 2. The van der Waals surface area contributed by atoms with E-state index in [1.54, 1.807) is 4.40 Å². The normalized spacial score (nSPS) is 20.7. The van der Waals surface area contributed by atoms with E-state index in [1.807, 2.05) is 35.8 Å². The van der Waals surface area contributed by atoms with E-state index in [-0.39, 0.29) is 24.2 Å². The van der Waals surface area contributed by atoms with Gasteiger partial charge in [0.1, 0.15) is 6.54 Å². The van der Waals surface area contributed by atoms with Crippen molar-refractivity contribution in [2.24, 2.45) is 5.92 Å². The maximum absolute atomic E-state index is 12.7. The van der Waals surface area contributed by atoms with Gasteiger partial charge in [0.25, 0.3) is 0 Å². The minimum atomic E-state index is -0.168. The third kappa shape index (κ3) is 2.71. The number of benzene rings is 1. The number of carbonyl (C=O) groups excluding carboxylic acids is 1. The van der Waals surface area contributed by atoms with Crippen LogP contribution in [-0.4, -0.2) is 30.7 Å². The molecule has 4 rings (SSSR count). The smallest absolute Gasteiger partial charge is 0.352 e. The van der Waals surface area contributed by atoms with Crippen molar-refractivity contribution in [1.82, 2.24) is 24.1 Å². The Kier molecular flexibility index (Phi) is 4.30. The number of hydrogen-bond acceptors (Lipinski definition) is 3. The van der Waals surface area contributed by atoms with Crippen molar-refractivity contribution in [2.45, 2.75) is 58.7 Å². The zero-order chi connectivity index (χ0) is 18.3. The molecule has 2 atom stereocenters. The molecule has 1 aliphatic carbocycles. The van der Waals surface area contributed by atoms with Gasteiger partial charge in [0, 0.05) is 12.6 Å². The molecule has 0 bridgehead atoms. The Morgan fingerprint density at radius 3 is 2.69 bits per heavy atom. The third-order valence-corrected chi connectivity index (χ3v) is 5.54. The van der Waals surface area contributed by atoms with Gasteiger partial charge in [-0.25, -0.2) is 13.9 Å². The first kappa shape index (κ1) is 16.9. The monoisotopic (exact) mass is 355 g/mol. The lowest BCUT2D eigenvalue weighted by atomic mass is 9.86. The van der Waals surface area contributed by atoms with Crippen LogP contribution in [0.25, 0.3) is 16.8 Å². The van der Waals surface area contributed by atoms with Crippen LogP contribution in [0.1, 0.15) is 39.5 Å². The van der Waals surface area contributed by atoms with Gasteiger partial charge in [0.15, 0.2) is 0 Å². The number of carbonyl (C=O) groups is 1. The van der Waals surface area contributed by atoms with Gasteiger partial charge < -0.3 is 5.32 Å². The largest absolute Gasteiger partial charge is 0.352 e. The summed E-state index contributed by atoms with van der Waals surface area (Å²) in [7, 11) is 0. The molecule has 2 unspecified atom stereocenters. The zero-order valence-electron chi connectivity index (χ0n) is 15.3. The molecule has 1 amide bonds. The molecular formula is C19H25N5O2. The Bertz CT molecular complexity index is 1010. The number of nitrogens with zero attached hydrogens (tertiary/aromatic N) is 4. The fourth-order valence-electron chi connectivity index (χ4n) is 4.06. The molecule has 1 N–H and O–H groups in total. The lowest BCUT2D eigenvalue weighted by Gasteiger charge is -2.29. The number of fused-ring (bicyclic) bond motifs is 3. The summed E-state index contributed by atoms with van der Waals surface area (Å²) < 4.78 is 4.86. The number of rotatable bonds is 4. The second-order valence-corrected chi connectivity index (χ2v) is 7.24. The minimum absolute atomic E-state index is 0.0227. The molecule has 0 radical (unpaired) electrons. The van der Waals surface area contributed by atoms with Crippen LogP contribution in [0.2, 0.25) is 0 Å². The van der Waals surface area contributed by atoms with E-state index in [0.29, 0.717) is 18.2 Å². The first-order chi connectivity index (χ1) is 12.6. The number of imidazole rings is 1. The maximum Gasteiger partial charge on any atom is 0.352 e. The second kappa shape index (κ2) is 6.63. The van der Waals surface area contributed by atoms with Crippen molar-refractivity contribution in [2.75, 3.05) is 0 Å². The highest BCUT2D eigenvalue weighted by Gasteiger charge is 2.24. The Morgan fingerprint density at radius 2 is 1.96 bits per heavy atom. The summed E-state index contributed by atoms with van der Waals surface area (Å²) in [5.41, 5.74) is 1.46. The lowest BCUT2D eigenvalue weighted by Crippen LogP contribution is -2.42. The van der Waals surface area contributed by atoms with Crippen LogP contribution < -0.4 is 11.0 Å². The Labute approximate surface area is 151 Å². The predicted molar refractivity (Wildman–Crippen MR) is 100 cm³/mol. The Morgan fingerprint density at radius 1 is 1.23 bits per heavy atom. The summed E-state index contributed by atoms with van der Waals surface area (Å²) >= 11 is 0. The molecule has 138 valence electrons. The van der Waals surface area contributed by atoms with Gasteiger partial charge in [-0.1, -0.05) is 31.9 Å². The van der Waals surface area contributed by atoms with E-state index in [9.17, 15) is 9.59 Å². The zero-order valence-corrected chi connectivity index (χ0v) is 15.3. The first-order valence-electron chi connectivity index (χ1n) is 9.46. The summed E-state index contributed by atoms with van der Waals surface area (Å²) in [5, 5.41) is 7.62. The molecule has 1 fully saturated rings. The Balaban J connectivity index is 1.70. The van der Waals surface area contributed by atoms with E-state index in [2.05, 4.69) is 17.3 Å². The third-order valence-electron chi connectivity index (χ3n) is 5.54. The lowest BCUT2D eigenvalue weighted by molar-refractivity contribution is -0.122. The quantitative estimate of drug-likeness (QED) is 0.779. The summed E-state index contributed by atoms with van der Waals surface area (Å²) in [4.78, 5) is 25.3. The van der Waals surface area contributed by atoms with Gasteiger partial charge in [0.05, 0.1) is 11.0 Å². The molecule has 1 aliphatic rings. The number of nitrogens with one attached hydrogen (secondary N) is 1. The van der Waals surface area contributed by atoms with Crippen molar-refractivity contribution in [1.29, 1.82) is 0 Å². The van der Waals surface area contributed by atoms with E-state index in [0.717, 1.165) is 23.9 Å². The van der Waals surface area contributed by atoms with Gasteiger partial charge in [0.2, 0.25) is 11.7 Å². The van der Waals surface area contributed by atoms with E-state index in [4.69, 9.17) is 0 Å². The van der Waals surface area contributed by atoms with Gasteiger partial charge in [-0.3, -0.25) is 9.36 Å².